The van der Waals surface area contributed by atoms with Crippen molar-refractivity contribution in [3.63, 3.8) is 0 Å². The Labute approximate surface area is 110 Å². The highest BCUT2D eigenvalue weighted by atomic mass is 32.2. The summed E-state index contributed by atoms with van der Waals surface area (Å²) in [4.78, 5) is 0.754. The zero-order valence-electron chi connectivity index (χ0n) is 10.9. The fraction of sp³-hybridized carbons (Fsp3) is 0.538. The van der Waals surface area contributed by atoms with Gasteiger partial charge in [0.15, 0.2) is 0 Å². The first-order chi connectivity index (χ1) is 8.53. The fourth-order valence-electron chi connectivity index (χ4n) is 1.66. The van der Waals surface area contributed by atoms with E-state index in [0.29, 0.717) is 6.54 Å². The molecule has 1 aliphatic heterocycles. The van der Waals surface area contributed by atoms with Gasteiger partial charge in [-0.05, 0) is 38.1 Å². The third-order valence-electron chi connectivity index (χ3n) is 2.80. The third kappa shape index (κ3) is 3.31. The van der Waals surface area contributed by atoms with Gasteiger partial charge in [0, 0.05) is 6.54 Å². The first-order valence-corrected chi connectivity index (χ1v) is 7.24. The lowest BCUT2D eigenvalue weighted by atomic mass is 10.1. The van der Waals surface area contributed by atoms with Crippen molar-refractivity contribution in [2.24, 2.45) is 0 Å². The van der Waals surface area contributed by atoms with Crippen LogP contribution in [0.4, 0.5) is 0 Å². The average Bonchev–Trinajstić information content (AvgIpc) is 3.13. The predicted molar refractivity (Wildman–Crippen MR) is 71.0 cm³/mol. The molecule has 1 aromatic rings. The van der Waals surface area contributed by atoms with E-state index in [4.69, 9.17) is 9.47 Å². The summed E-state index contributed by atoms with van der Waals surface area (Å²) in [6.45, 7) is 7.38. The molecule has 1 fully saturated rings. The average molecular weight is 269 g/mol. The summed E-state index contributed by atoms with van der Waals surface area (Å²) in [5.74, 6) is 0.771. The van der Waals surface area contributed by atoms with Gasteiger partial charge in [0.05, 0.1) is 11.5 Å². The second-order valence-corrected chi connectivity index (χ2v) is 6.06. The molecule has 1 saturated heterocycles. The Bertz CT molecular complexity index is 426. The van der Waals surface area contributed by atoms with Gasteiger partial charge < -0.3 is 9.47 Å². The Hall–Kier alpha value is -0.910. The summed E-state index contributed by atoms with van der Waals surface area (Å²) >= 11 is 0. The van der Waals surface area contributed by atoms with Crippen molar-refractivity contribution in [1.29, 1.82) is 0 Å². The van der Waals surface area contributed by atoms with Gasteiger partial charge in [0.25, 0.3) is 0 Å². The zero-order chi connectivity index (χ0) is 13.2. The van der Waals surface area contributed by atoms with Crippen LogP contribution >= 0.6 is 0 Å². The quantitative estimate of drug-likeness (QED) is 0.802. The van der Waals surface area contributed by atoms with Gasteiger partial charge in [-0.25, -0.2) is 8.93 Å². The summed E-state index contributed by atoms with van der Waals surface area (Å²) < 4.78 is 25.7. The molecule has 0 radical (unpaired) electrons. The predicted octanol–water partition coefficient (Wildman–Crippen LogP) is 1.87. The van der Waals surface area contributed by atoms with Gasteiger partial charge in [-0.3, -0.25) is 0 Å². The van der Waals surface area contributed by atoms with Gasteiger partial charge in [0.2, 0.25) is 0 Å². The smallest absolute Gasteiger partial charge is 0.132 e. The molecule has 18 heavy (non-hydrogen) atoms. The monoisotopic (exact) mass is 269 g/mol. The molecular formula is C13H19NO3S. The maximum Gasteiger partial charge on any atom is 0.132 e. The highest BCUT2D eigenvalue weighted by molar-refractivity contribution is 7.83. The van der Waals surface area contributed by atoms with E-state index in [2.05, 4.69) is 4.72 Å². The molecule has 1 heterocycles. The Kier molecular flexibility index (Phi) is 4.04. The summed E-state index contributed by atoms with van der Waals surface area (Å²) in [7, 11) is -1.14. The van der Waals surface area contributed by atoms with Crippen molar-refractivity contribution >= 4 is 11.0 Å². The first kappa shape index (κ1) is 13.5. The van der Waals surface area contributed by atoms with E-state index < -0.39 is 11.0 Å². The molecule has 1 N–H and O–H groups in total. The normalized spacial score (nSPS) is 20.5. The molecule has 5 heteroatoms. The minimum atomic E-state index is -1.14. The van der Waals surface area contributed by atoms with Crippen molar-refractivity contribution in [3.05, 3.63) is 24.3 Å². The topological polar surface area (TPSA) is 50.9 Å². The fourth-order valence-corrected chi connectivity index (χ4v) is 2.48. The Morgan fingerprint density at radius 3 is 2.56 bits per heavy atom. The molecule has 4 nitrogen and oxygen atoms in total. The van der Waals surface area contributed by atoms with E-state index >= 15 is 0 Å². The van der Waals surface area contributed by atoms with E-state index in [1.165, 1.54) is 0 Å². The van der Waals surface area contributed by atoms with Gasteiger partial charge in [-0.15, -0.1) is 0 Å². The van der Waals surface area contributed by atoms with Gasteiger partial charge in [-0.1, -0.05) is 6.92 Å². The molecule has 100 valence electrons. The summed E-state index contributed by atoms with van der Waals surface area (Å²) in [6.07, 6.45) is 0.174. The summed E-state index contributed by atoms with van der Waals surface area (Å²) in [6, 6.07) is 7.32. The van der Waals surface area contributed by atoms with E-state index in [9.17, 15) is 4.21 Å². The molecule has 2 unspecified atom stereocenters. The largest absolute Gasteiger partial charge is 0.485 e. The highest BCUT2D eigenvalue weighted by Gasteiger charge is 2.41. The Morgan fingerprint density at radius 2 is 2.06 bits per heavy atom. The Morgan fingerprint density at radius 1 is 1.44 bits per heavy atom. The molecule has 0 bridgehead atoms. The van der Waals surface area contributed by atoms with Crippen LogP contribution in [0.15, 0.2) is 29.2 Å². The van der Waals surface area contributed by atoms with E-state index in [0.717, 1.165) is 17.3 Å². The van der Waals surface area contributed by atoms with Crippen molar-refractivity contribution < 1.29 is 13.7 Å². The van der Waals surface area contributed by atoms with Crippen LogP contribution in [-0.2, 0) is 15.7 Å². The molecule has 0 spiro atoms. The van der Waals surface area contributed by atoms with Crippen LogP contribution < -0.4 is 9.46 Å². The lowest BCUT2D eigenvalue weighted by Gasteiger charge is -2.24. The molecule has 2 atom stereocenters. The number of hydrogen-bond acceptors (Lipinski definition) is 3. The molecule has 0 saturated carbocycles. The van der Waals surface area contributed by atoms with Crippen molar-refractivity contribution in [2.75, 3.05) is 13.2 Å². The summed E-state index contributed by atoms with van der Waals surface area (Å²) in [5, 5.41) is 0. The number of hydrogen-bond donors (Lipinski definition) is 1. The van der Waals surface area contributed by atoms with Crippen LogP contribution in [0.3, 0.4) is 0 Å². The van der Waals surface area contributed by atoms with Crippen molar-refractivity contribution in [1.82, 2.24) is 4.72 Å². The lowest BCUT2D eigenvalue weighted by molar-refractivity contribution is 0.0744. The molecule has 2 rings (SSSR count). The van der Waals surface area contributed by atoms with Gasteiger partial charge in [-0.2, -0.15) is 0 Å². The molecule has 1 aromatic carbocycles. The molecule has 1 aliphatic rings. The minimum Gasteiger partial charge on any atom is -0.485 e. The standard InChI is InChI=1S/C13H19NO3S/c1-4-14-18(15)11-7-5-10(6-8-11)17-13(2,3)12-9-16-12/h5-8,12,14H,4,9H2,1-3H3. The van der Waals surface area contributed by atoms with E-state index in [-0.39, 0.29) is 11.7 Å². The van der Waals surface area contributed by atoms with Gasteiger partial charge in [0.1, 0.15) is 28.4 Å². The van der Waals surface area contributed by atoms with Crippen LogP contribution in [0, 0.1) is 0 Å². The lowest BCUT2D eigenvalue weighted by Crippen LogP contribution is -2.34. The number of rotatable bonds is 6. The SMILES string of the molecule is CCNS(=O)c1ccc(OC(C)(C)C2CO2)cc1. The number of ether oxygens (including phenoxy) is 2. The van der Waals surface area contributed by atoms with Crippen molar-refractivity contribution in [2.45, 2.75) is 37.4 Å². The minimum absolute atomic E-state index is 0.174. The number of nitrogens with one attached hydrogen (secondary N) is 1. The summed E-state index contributed by atoms with van der Waals surface area (Å²) in [5.41, 5.74) is -0.317. The molecule has 0 aliphatic carbocycles. The number of epoxide rings is 1. The van der Waals surface area contributed by atoms with Crippen LogP contribution in [0.2, 0.25) is 0 Å². The molecule has 0 amide bonds. The second-order valence-electron chi connectivity index (χ2n) is 4.77. The van der Waals surface area contributed by atoms with E-state index in [1.807, 2.05) is 45.0 Å². The third-order valence-corrected chi connectivity index (χ3v) is 4.05. The zero-order valence-corrected chi connectivity index (χ0v) is 11.8. The maximum atomic E-state index is 11.7. The second kappa shape index (κ2) is 5.38. The van der Waals surface area contributed by atoms with Crippen LogP contribution in [-0.4, -0.2) is 29.1 Å². The number of benzene rings is 1. The van der Waals surface area contributed by atoms with Crippen LogP contribution in [0.5, 0.6) is 5.75 Å². The maximum absolute atomic E-state index is 11.7. The first-order valence-electron chi connectivity index (χ1n) is 6.09. The molecule has 0 aromatic heterocycles. The highest BCUT2D eigenvalue weighted by Crippen LogP contribution is 2.29. The molecular weight excluding hydrogens is 250 g/mol. The van der Waals surface area contributed by atoms with Crippen molar-refractivity contribution in [3.8, 4) is 5.75 Å². The van der Waals surface area contributed by atoms with Gasteiger partial charge >= 0.3 is 0 Å². The van der Waals surface area contributed by atoms with E-state index in [1.54, 1.807) is 0 Å². The Balaban J connectivity index is 2.01. The van der Waals surface area contributed by atoms with Crippen LogP contribution in [0.1, 0.15) is 20.8 Å². The van der Waals surface area contributed by atoms with Crippen LogP contribution in [0.25, 0.3) is 0 Å².